The van der Waals surface area contributed by atoms with Crippen molar-refractivity contribution < 1.29 is 37.4 Å². The third-order valence-corrected chi connectivity index (χ3v) is 13.6. The van der Waals surface area contributed by atoms with Crippen molar-refractivity contribution in [3.05, 3.63) is 71.8 Å². The van der Waals surface area contributed by atoms with Gasteiger partial charge in [0.25, 0.3) is 0 Å². The molecule has 316 valence electrons. The monoisotopic (exact) mass is 811 g/mol. The first-order valence-corrected chi connectivity index (χ1v) is 22.1. The van der Waals surface area contributed by atoms with Crippen LogP contribution in [0.2, 0.25) is 0 Å². The highest BCUT2D eigenvalue weighted by Gasteiger charge is 2.46. The van der Waals surface area contributed by atoms with Gasteiger partial charge in [-0.3, -0.25) is 24.2 Å². The smallest absolute Gasteiger partial charge is 0.410 e. The lowest BCUT2D eigenvalue weighted by atomic mass is 9.72. The molecule has 2 fully saturated rings. The van der Waals surface area contributed by atoms with Crippen molar-refractivity contribution in [2.45, 2.75) is 134 Å². The van der Waals surface area contributed by atoms with Gasteiger partial charge in [0, 0.05) is 30.9 Å². The van der Waals surface area contributed by atoms with E-state index < -0.39 is 74.8 Å². The quantitative estimate of drug-likeness (QED) is 0.194. The molecule has 1 aliphatic heterocycles. The molecule has 2 aromatic rings. The summed E-state index contributed by atoms with van der Waals surface area (Å²) < 4.78 is 30.1. The van der Waals surface area contributed by atoms with Crippen molar-refractivity contribution in [1.82, 2.24) is 25.8 Å². The molecule has 1 aliphatic carbocycles. The number of amides is 4. The zero-order valence-corrected chi connectivity index (χ0v) is 35.8. The van der Waals surface area contributed by atoms with E-state index in [-0.39, 0.29) is 25.5 Å². The van der Waals surface area contributed by atoms with Gasteiger partial charge in [-0.2, -0.15) is 0 Å². The number of fused-ring (bicyclic) bond motifs is 1. The number of hydrogen-bond acceptors (Lipinski definition) is 9. The highest BCUT2D eigenvalue weighted by Crippen LogP contribution is 2.39. The number of sulfone groups is 1. The van der Waals surface area contributed by atoms with Gasteiger partial charge in [0.15, 0.2) is 9.84 Å². The molecule has 0 bridgehead atoms. The number of benzene rings is 2. The summed E-state index contributed by atoms with van der Waals surface area (Å²) in [5.74, 6) is -0.861. The van der Waals surface area contributed by atoms with Crippen molar-refractivity contribution in [2.75, 3.05) is 25.9 Å². The second-order valence-corrected chi connectivity index (χ2v) is 20.4. The number of carbonyl (C=O) groups is 4. The summed E-state index contributed by atoms with van der Waals surface area (Å²) in [4.78, 5) is 58.2. The van der Waals surface area contributed by atoms with Crippen LogP contribution in [0, 0.1) is 11.8 Å². The Morgan fingerprint density at radius 2 is 1.47 bits per heavy atom. The summed E-state index contributed by atoms with van der Waals surface area (Å²) in [5, 5.41) is 20.7. The molecule has 57 heavy (non-hydrogen) atoms. The second kappa shape index (κ2) is 19.6. The third-order valence-electron chi connectivity index (χ3n) is 11.4. The van der Waals surface area contributed by atoms with Gasteiger partial charge in [0.2, 0.25) is 17.7 Å². The number of rotatable bonds is 16. The van der Waals surface area contributed by atoms with Crippen molar-refractivity contribution >= 4 is 33.7 Å². The molecule has 14 heteroatoms. The van der Waals surface area contributed by atoms with Crippen LogP contribution in [0.5, 0.6) is 0 Å². The lowest BCUT2D eigenvalue weighted by molar-refractivity contribution is -0.133. The summed E-state index contributed by atoms with van der Waals surface area (Å²) in [6, 6.07) is 14.9. The number of ether oxygens (including phenoxy) is 1. The van der Waals surface area contributed by atoms with Gasteiger partial charge in [0.1, 0.15) is 19.2 Å². The Hall–Kier alpha value is -4.01. The van der Waals surface area contributed by atoms with E-state index in [1.807, 2.05) is 74.2 Å². The summed E-state index contributed by atoms with van der Waals surface area (Å²) in [6.45, 7) is 12.2. The zero-order valence-electron chi connectivity index (χ0n) is 35.0. The van der Waals surface area contributed by atoms with E-state index in [0.29, 0.717) is 24.8 Å². The number of carbonyl (C=O) groups excluding carboxylic acids is 4. The molecule has 4 N–H and O–H groups in total. The van der Waals surface area contributed by atoms with Crippen molar-refractivity contribution in [2.24, 2.45) is 11.8 Å². The van der Waals surface area contributed by atoms with Gasteiger partial charge in [0.05, 0.1) is 22.9 Å². The number of likely N-dealkylation sites (tertiary alicyclic amines) is 1. The van der Waals surface area contributed by atoms with Crippen LogP contribution in [0.15, 0.2) is 60.7 Å². The molecule has 4 amide bonds. The van der Waals surface area contributed by atoms with E-state index >= 15 is 0 Å². The predicted octanol–water partition coefficient (Wildman–Crippen LogP) is 4.23. The van der Waals surface area contributed by atoms with Crippen LogP contribution in [0.3, 0.4) is 0 Å². The Morgan fingerprint density at radius 3 is 2.04 bits per heavy atom. The predicted molar refractivity (Wildman–Crippen MR) is 221 cm³/mol. The average Bonchev–Trinajstić information content (AvgIpc) is 3.13. The second-order valence-electron chi connectivity index (χ2n) is 17.8. The van der Waals surface area contributed by atoms with Gasteiger partial charge in [-0.05, 0) is 90.7 Å². The third kappa shape index (κ3) is 13.0. The molecule has 0 radical (unpaired) electrons. The number of piperidine rings is 1. The Kier molecular flexibility index (Phi) is 15.7. The number of nitrogens with zero attached hydrogens (tertiary/aromatic N) is 2. The van der Waals surface area contributed by atoms with Gasteiger partial charge in [-0.1, -0.05) is 79.9 Å². The molecule has 6 atom stereocenters. The molecule has 0 aromatic heterocycles. The average molecular weight is 812 g/mol. The molecule has 2 aromatic carbocycles. The minimum Gasteiger partial charge on any atom is -0.445 e. The van der Waals surface area contributed by atoms with E-state index in [0.717, 1.165) is 43.1 Å². The van der Waals surface area contributed by atoms with Crippen LogP contribution in [-0.2, 0) is 42.0 Å². The summed E-state index contributed by atoms with van der Waals surface area (Å²) in [7, 11) is -3.97. The van der Waals surface area contributed by atoms with Crippen LogP contribution < -0.4 is 16.0 Å². The number of hydrogen-bond donors (Lipinski definition) is 4. The highest BCUT2D eigenvalue weighted by atomic mass is 32.2. The number of nitrogens with one attached hydrogen (secondary N) is 3. The fourth-order valence-corrected chi connectivity index (χ4v) is 8.40. The molecule has 1 saturated heterocycles. The maximum Gasteiger partial charge on any atom is 0.410 e. The maximum absolute atomic E-state index is 14.4. The van der Waals surface area contributed by atoms with Crippen molar-refractivity contribution in [1.29, 1.82) is 0 Å². The molecule has 13 nitrogen and oxygen atoms in total. The Bertz CT molecular complexity index is 1770. The van der Waals surface area contributed by atoms with Crippen LogP contribution in [0.4, 0.5) is 4.79 Å². The van der Waals surface area contributed by atoms with E-state index in [1.54, 1.807) is 26.0 Å². The van der Waals surface area contributed by atoms with Crippen LogP contribution in [0.1, 0.15) is 91.7 Å². The number of aliphatic hydroxyl groups is 1. The fraction of sp³-hybridized carbons (Fsp3) is 0.628. The Labute approximate surface area is 339 Å². The first kappa shape index (κ1) is 45.7. The topological polar surface area (TPSA) is 174 Å². The summed E-state index contributed by atoms with van der Waals surface area (Å²) >= 11 is 0. The molecule has 2 aliphatic rings. The van der Waals surface area contributed by atoms with Crippen molar-refractivity contribution in [3.8, 4) is 0 Å². The van der Waals surface area contributed by atoms with E-state index in [4.69, 9.17) is 4.74 Å². The Morgan fingerprint density at radius 1 is 0.895 bits per heavy atom. The summed E-state index contributed by atoms with van der Waals surface area (Å²) in [5.41, 5.74) is 1.13. The maximum atomic E-state index is 14.4. The zero-order chi connectivity index (χ0) is 42.1. The lowest BCUT2D eigenvalue weighted by Gasteiger charge is -2.47. The van der Waals surface area contributed by atoms with Gasteiger partial charge in [-0.25, -0.2) is 13.2 Å². The first-order chi connectivity index (χ1) is 26.7. The van der Waals surface area contributed by atoms with E-state index in [1.165, 1.54) is 18.7 Å². The molecule has 1 saturated carbocycles. The molecular weight excluding hydrogens is 747 g/mol. The molecule has 0 unspecified atom stereocenters. The van der Waals surface area contributed by atoms with Crippen LogP contribution in [0.25, 0.3) is 0 Å². The molecule has 1 heterocycles. The highest BCUT2D eigenvalue weighted by molar-refractivity contribution is 7.92. The van der Waals surface area contributed by atoms with Crippen LogP contribution >= 0.6 is 0 Å². The fourth-order valence-electron chi connectivity index (χ4n) is 7.80. The number of aliphatic hydroxyl groups excluding tert-OH is 1. The summed E-state index contributed by atoms with van der Waals surface area (Å²) in [6.07, 6.45) is 4.33. The van der Waals surface area contributed by atoms with Gasteiger partial charge in [-0.15, -0.1) is 0 Å². The van der Waals surface area contributed by atoms with Gasteiger partial charge >= 0.3 is 6.09 Å². The van der Waals surface area contributed by atoms with Crippen molar-refractivity contribution in [3.63, 3.8) is 0 Å². The lowest BCUT2D eigenvalue weighted by Crippen LogP contribution is -2.64. The normalized spacial score (nSPS) is 20.7. The van der Waals surface area contributed by atoms with Crippen LogP contribution in [-0.4, -0.2) is 114 Å². The minimum atomic E-state index is -3.97. The number of β-amino-alcohol motifs (C(OH)–C–C–N with tert-alkyl or cyclic N) is 1. The first-order valence-electron chi connectivity index (χ1n) is 20.2. The molecular formula is C43H65N5O8S. The molecule has 4 rings (SSSR count). The largest absolute Gasteiger partial charge is 0.445 e. The van der Waals surface area contributed by atoms with Gasteiger partial charge < -0.3 is 25.8 Å². The van der Waals surface area contributed by atoms with E-state index in [9.17, 15) is 32.7 Å². The van der Waals surface area contributed by atoms with E-state index in [2.05, 4.69) is 16.0 Å². The molecule has 0 spiro atoms. The Balaban J connectivity index is 1.58. The minimum absolute atomic E-state index is 0.0115. The standard InChI is InChI=1S/C43H65N5O8S/c1-29(2)48(41(53)56-28-31-19-13-10-14-20-31)27-37(50)45-38(43(6,7)57(8,54)55)40(52)44-34(23-30-17-11-9-12-18-30)36(49)26-47-25-33-22-16-15-21-32(33)24-35(47)39(51)46-42(3,4)5/h9-14,17-20,29,32-36,38,49H,15-16,21-28H2,1-8H3,(H,44,52)(H,45,50)(H,46,51)/t32-,33+,34-,35-,36+,38+/m0/s1. The SMILES string of the molecule is CC(C)N(CC(=O)N[C@H](C(=O)N[C@@H](Cc1ccccc1)[C@H](O)CN1C[C@H]2CCCC[C@H]2C[C@H]1C(=O)NC(C)(C)C)C(C)(C)S(C)(=O)=O)C(=O)OCc1ccccc1.